The average molecular weight is 228 g/mol. The van der Waals surface area contributed by atoms with Gasteiger partial charge < -0.3 is 10.5 Å². The molecule has 0 amide bonds. The molecule has 0 fully saturated rings. The van der Waals surface area contributed by atoms with Gasteiger partial charge in [-0.3, -0.25) is 0 Å². The summed E-state index contributed by atoms with van der Waals surface area (Å²) in [5.74, 6) is -4.77. The Hall–Kier alpha value is -1.44. The fraction of sp³-hybridized carbons (Fsp3) is 0.286. The zero-order valence-corrected chi connectivity index (χ0v) is 7.11. The summed E-state index contributed by atoms with van der Waals surface area (Å²) in [6, 6.07) is 0. The minimum atomic E-state index is -5.18. The van der Waals surface area contributed by atoms with Crippen LogP contribution in [-0.4, -0.2) is 11.3 Å². The van der Waals surface area contributed by atoms with Gasteiger partial charge in [-0.25, -0.2) is 9.37 Å². The number of hydrogen-bond donors (Lipinski definition) is 1. The average Bonchev–Trinajstić information content (AvgIpc) is 2.11. The molecule has 1 aromatic rings. The molecular weight excluding hydrogens is 223 g/mol. The van der Waals surface area contributed by atoms with Gasteiger partial charge in [0, 0.05) is 18.3 Å². The first-order valence-corrected chi connectivity index (χ1v) is 3.64. The van der Waals surface area contributed by atoms with Crippen molar-refractivity contribution in [2.24, 2.45) is 5.73 Å². The zero-order valence-electron chi connectivity index (χ0n) is 7.11. The van der Waals surface area contributed by atoms with Gasteiger partial charge in [0.05, 0.1) is 0 Å². The monoisotopic (exact) mass is 228 g/mol. The van der Waals surface area contributed by atoms with Gasteiger partial charge in [-0.2, -0.15) is 4.39 Å². The Bertz CT molecular complexity index is 365. The lowest BCUT2D eigenvalue weighted by Crippen LogP contribution is -2.20. The van der Waals surface area contributed by atoms with E-state index in [-0.39, 0.29) is 5.56 Å². The minimum Gasteiger partial charge on any atom is -0.398 e. The molecule has 0 saturated heterocycles. The lowest BCUT2D eigenvalue weighted by atomic mass is 10.2. The largest absolute Gasteiger partial charge is 0.573 e. The van der Waals surface area contributed by atoms with Gasteiger partial charge in [-0.05, 0) is 0 Å². The zero-order chi connectivity index (χ0) is 11.6. The van der Waals surface area contributed by atoms with Crippen molar-refractivity contribution in [2.45, 2.75) is 12.9 Å². The first-order valence-electron chi connectivity index (χ1n) is 3.64. The quantitative estimate of drug-likeness (QED) is 0.619. The molecule has 0 aliphatic heterocycles. The number of ether oxygens (including phenoxy) is 1. The summed E-state index contributed by atoms with van der Waals surface area (Å²) in [5, 5.41) is 0. The summed E-state index contributed by atoms with van der Waals surface area (Å²) in [7, 11) is 0. The number of nitrogens with zero attached hydrogens (tertiary/aromatic N) is 1. The maximum Gasteiger partial charge on any atom is 0.573 e. The molecule has 0 atom stereocenters. The summed E-state index contributed by atoms with van der Waals surface area (Å²) in [4.78, 5) is 2.88. The van der Waals surface area contributed by atoms with E-state index < -0.39 is 30.4 Å². The lowest BCUT2D eigenvalue weighted by Gasteiger charge is -2.11. The van der Waals surface area contributed by atoms with Gasteiger partial charge in [0.1, 0.15) is 0 Å². The fourth-order valence-corrected chi connectivity index (χ4v) is 0.831. The van der Waals surface area contributed by atoms with Crippen LogP contribution in [0.2, 0.25) is 0 Å². The van der Waals surface area contributed by atoms with E-state index in [9.17, 15) is 22.0 Å². The summed E-state index contributed by atoms with van der Waals surface area (Å²) < 4.78 is 64.1. The molecule has 1 rings (SSSR count). The number of nitrogens with two attached hydrogens (primary N) is 1. The number of alkyl halides is 3. The van der Waals surface area contributed by atoms with E-state index in [0.717, 1.165) is 0 Å². The van der Waals surface area contributed by atoms with E-state index in [4.69, 9.17) is 5.73 Å². The van der Waals surface area contributed by atoms with Crippen LogP contribution in [0, 0.1) is 11.8 Å². The van der Waals surface area contributed by atoms with Crippen LogP contribution in [0.3, 0.4) is 0 Å². The SMILES string of the molecule is NCc1cnc(F)c(OC(F)(F)F)c1F. The van der Waals surface area contributed by atoms with Gasteiger partial charge >= 0.3 is 6.36 Å². The van der Waals surface area contributed by atoms with Gasteiger partial charge in [-0.1, -0.05) is 0 Å². The Labute approximate surface area is 80.7 Å². The molecule has 0 aromatic carbocycles. The molecule has 15 heavy (non-hydrogen) atoms. The topological polar surface area (TPSA) is 48.1 Å². The van der Waals surface area contributed by atoms with E-state index in [0.29, 0.717) is 6.20 Å². The van der Waals surface area contributed by atoms with Crippen molar-refractivity contribution in [3.63, 3.8) is 0 Å². The summed E-state index contributed by atoms with van der Waals surface area (Å²) in [6.07, 6.45) is -4.48. The van der Waals surface area contributed by atoms with E-state index in [1.807, 2.05) is 0 Å². The minimum absolute atomic E-state index is 0.365. The maximum atomic E-state index is 13.1. The summed E-state index contributed by atoms with van der Waals surface area (Å²) in [6.45, 7) is -0.409. The number of pyridine rings is 1. The molecule has 0 spiro atoms. The molecule has 0 saturated carbocycles. The molecule has 3 nitrogen and oxygen atoms in total. The molecule has 0 aliphatic rings. The molecule has 1 heterocycles. The van der Waals surface area contributed by atoms with E-state index in [1.54, 1.807) is 0 Å². The number of hydrogen-bond acceptors (Lipinski definition) is 3. The first-order chi connectivity index (χ1) is 6.85. The highest BCUT2D eigenvalue weighted by molar-refractivity contribution is 5.28. The molecule has 1 aromatic heterocycles. The second-order valence-corrected chi connectivity index (χ2v) is 2.47. The van der Waals surface area contributed by atoms with Crippen LogP contribution in [-0.2, 0) is 6.54 Å². The molecule has 8 heteroatoms. The van der Waals surface area contributed by atoms with Gasteiger partial charge in [0.15, 0.2) is 5.82 Å². The first kappa shape index (κ1) is 11.6. The van der Waals surface area contributed by atoms with Crippen molar-refractivity contribution in [2.75, 3.05) is 0 Å². The predicted octanol–water partition coefficient (Wildman–Crippen LogP) is 1.72. The van der Waals surface area contributed by atoms with Crippen LogP contribution in [0.1, 0.15) is 5.56 Å². The standard InChI is InChI=1S/C7H5F5N2O/c8-4-3(1-13)2-14-6(9)5(4)15-7(10,11)12/h2H,1,13H2. The third-order valence-electron chi connectivity index (χ3n) is 1.44. The number of halogens is 5. The molecular formula is C7H5F5N2O. The van der Waals surface area contributed by atoms with Crippen molar-refractivity contribution in [3.05, 3.63) is 23.5 Å². The second-order valence-electron chi connectivity index (χ2n) is 2.47. The normalized spacial score (nSPS) is 11.6. The Morgan fingerprint density at radius 1 is 1.33 bits per heavy atom. The van der Waals surface area contributed by atoms with Crippen LogP contribution < -0.4 is 10.5 Å². The molecule has 0 unspecified atom stereocenters. The van der Waals surface area contributed by atoms with Crippen LogP contribution in [0.5, 0.6) is 5.75 Å². The predicted molar refractivity (Wildman–Crippen MR) is 38.7 cm³/mol. The Morgan fingerprint density at radius 3 is 2.40 bits per heavy atom. The van der Waals surface area contributed by atoms with Crippen LogP contribution in [0.25, 0.3) is 0 Å². The van der Waals surface area contributed by atoms with Gasteiger partial charge in [-0.15, -0.1) is 13.2 Å². The summed E-state index contributed by atoms with van der Waals surface area (Å²) >= 11 is 0. The smallest absolute Gasteiger partial charge is 0.398 e. The van der Waals surface area contributed by atoms with Crippen molar-refractivity contribution >= 4 is 0 Å². The van der Waals surface area contributed by atoms with Crippen LogP contribution in [0.4, 0.5) is 22.0 Å². The highest BCUT2D eigenvalue weighted by Crippen LogP contribution is 2.28. The molecule has 0 radical (unpaired) electrons. The highest BCUT2D eigenvalue weighted by atomic mass is 19.4. The Morgan fingerprint density at radius 2 is 1.93 bits per heavy atom. The Kier molecular flexibility index (Phi) is 3.08. The fourth-order valence-electron chi connectivity index (χ4n) is 0.831. The molecule has 2 N–H and O–H groups in total. The Balaban J connectivity index is 3.15. The number of rotatable bonds is 2. The maximum absolute atomic E-state index is 13.1. The van der Waals surface area contributed by atoms with Crippen molar-refractivity contribution in [1.82, 2.24) is 4.98 Å². The van der Waals surface area contributed by atoms with Gasteiger partial charge in [0.2, 0.25) is 5.75 Å². The van der Waals surface area contributed by atoms with E-state index >= 15 is 0 Å². The number of aromatic nitrogens is 1. The van der Waals surface area contributed by atoms with Crippen molar-refractivity contribution < 1.29 is 26.7 Å². The molecule has 84 valence electrons. The van der Waals surface area contributed by atoms with Crippen molar-refractivity contribution in [1.29, 1.82) is 0 Å². The van der Waals surface area contributed by atoms with Gasteiger partial charge in [0.25, 0.3) is 5.95 Å². The van der Waals surface area contributed by atoms with Crippen LogP contribution >= 0.6 is 0 Å². The molecule has 0 bridgehead atoms. The van der Waals surface area contributed by atoms with E-state index in [1.165, 1.54) is 0 Å². The summed E-state index contributed by atoms with van der Waals surface area (Å²) in [5.41, 5.74) is 4.63. The highest BCUT2D eigenvalue weighted by Gasteiger charge is 2.34. The second kappa shape index (κ2) is 3.97. The third kappa shape index (κ3) is 2.75. The van der Waals surface area contributed by atoms with E-state index in [2.05, 4.69) is 9.72 Å². The lowest BCUT2D eigenvalue weighted by molar-refractivity contribution is -0.276. The van der Waals surface area contributed by atoms with Crippen molar-refractivity contribution in [3.8, 4) is 5.75 Å². The third-order valence-corrected chi connectivity index (χ3v) is 1.44. The molecule has 0 aliphatic carbocycles. The van der Waals surface area contributed by atoms with Crippen LogP contribution in [0.15, 0.2) is 6.20 Å².